The van der Waals surface area contributed by atoms with Crippen LogP contribution in [0.2, 0.25) is 5.15 Å². The van der Waals surface area contributed by atoms with E-state index in [1.54, 1.807) is 12.3 Å². The highest BCUT2D eigenvalue weighted by molar-refractivity contribution is 6.29. The van der Waals surface area contributed by atoms with Crippen molar-refractivity contribution in [3.8, 4) is 0 Å². The molecule has 0 radical (unpaired) electrons. The van der Waals surface area contributed by atoms with Gasteiger partial charge in [-0.3, -0.25) is 0 Å². The molecule has 0 aliphatic carbocycles. The van der Waals surface area contributed by atoms with E-state index in [0.717, 1.165) is 24.3 Å². The minimum absolute atomic E-state index is 0.234. The fourth-order valence-corrected chi connectivity index (χ4v) is 3.54. The van der Waals surface area contributed by atoms with Crippen LogP contribution in [0.3, 0.4) is 0 Å². The zero-order valence-corrected chi connectivity index (χ0v) is 13.9. The van der Waals surface area contributed by atoms with E-state index in [1.165, 1.54) is 0 Å². The minimum atomic E-state index is -0.234. The highest BCUT2D eigenvalue weighted by atomic mass is 35.5. The number of likely N-dealkylation sites (tertiary alicyclic amines) is 1. The van der Waals surface area contributed by atoms with Crippen LogP contribution in [0.1, 0.15) is 5.56 Å². The Kier molecular flexibility index (Phi) is 4.02. The molecule has 1 aromatic carbocycles. The van der Waals surface area contributed by atoms with E-state index in [4.69, 9.17) is 16.3 Å². The van der Waals surface area contributed by atoms with E-state index >= 15 is 0 Å². The number of ether oxygens (including phenoxy) is 1. The van der Waals surface area contributed by atoms with Crippen molar-refractivity contribution in [3.05, 3.63) is 59.4 Å². The molecule has 1 amide bonds. The number of hydrogen-bond donors (Lipinski definition) is 0. The number of pyridine rings is 1. The number of nitrogens with zero attached hydrogens (tertiary/aromatic N) is 3. The number of hydrogen-bond acceptors (Lipinski definition) is 4. The van der Waals surface area contributed by atoms with Crippen LogP contribution in [0.15, 0.2) is 48.7 Å². The number of rotatable bonds is 3. The predicted molar refractivity (Wildman–Crippen MR) is 92.1 cm³/mol. The number of carbonyl (C=O) groups excluding carboxylic acids is 1. The number of benzene rings is 1. The van der Waals surface area contributed by atoms with Crippen molar-refractivity contribution >= 4 is 23.4 Å². The Morgan fingerprint density at radius 3 is 2.75 bits per heavy atom. The molecule has 0 N–H and O–H groups in total. The molecule has 1 aromatic heterocycles. The van der Waals surface area contributed by atoms with Gasteiger partial charge >= 0.3 is 6.09 Å². The van der Waals surface area contributed by atoms with Crippen LogP contribution < -0.4 is 4.90 Å². The molecule has 2 aliphatic heterocycles. The summed E-state index contributed by atoms with van der Waals surface area (Å²) >= 11 is 5.84. The first kappa shape index (κ1) is 15.3. The van der Waals surface area contributed by atoms with Crippen LogP contribution in [-0.2, 0) is 11.3 Å². The molecule has 6 heteroatoms. The lowest BCUT2D eigenvalue weighted by Gasteiger charge is -2.44. The highest BCUT2D eigenvalue weighted by Gasteiger charge is 2.47. The van der Waals surface area contributed by atoms with Crippen molar-refractivity contribution in [2.45, 2.75) is 12.6 Å². The van der Waals surface area contributed by atoms with Gasteiger partial charge < -0.3 is 14.5 Å². The van der Waals surface area contributed by atoms with Crippen LogP contribution in [-0.4, -0.2) is 41.7 Å². The molecule has 3 heterocycles. The van der Waals surface area contributed by atoms with Gasteiger partial charge in [-0.2, -0.15) is 0 Å². The average Bonchev–Trinajstić information content (AvgIpc) is 2.93. The van der Waals surface area contributed by atoms with Crippen LogP contribution in [0, 0.1) is 5.92 Å². The largest absolute Gasteiger partial charge is 0.445 e. The van der Waals surface area contributed by atoms with E-state index in [9.17, 15) is 4.79 Å². The van der Waals surface area contributed by atoms with Gasteiger partial charge in [-0.25, -0.2) is 9.78 Å². The lowest BCUT2D eigenvalue weighted by atomic mass is 9.91. The standard InChI is InChI=1S/C18H18ClN3O2/c19-17-7-6-15(8-20-17)22-10-14-9-21(11-16(14)22)18(23)24-12-13-4-2-1-3-5-13/h1-8,14,16H,9-12H2/t14-,16-/m1/s1. The summed E-state index contributed by atoms with van der Waals surface area (Å²) in [6.45, 7) is 2.71. The monoisotopic (exact) mass is 343 g/mol. The number of anilines is 1. The predicted octanol–water partition coefficient (Wildman–Crippen LogP) is 3.19. The number of fused-ring (bicyclic) bond motifs is 1. The fraction of sp³-hybridized carbons (Fsp3) is 0.333. The van der Waals surface area contributed by atoms with Crippen molar-refractivity contribution < 1.29 is 9.53 Å². The zero-order valence-electron chi connectivity index (χ0n) is 13.1. The molecule has 2 fully saturated rings. The summed E-state index contributed by atoms with van der Waals surface area (Å²) in [6, 6.07) is 13.9. The Balaban J connectivity index is 1.33. The molecule has 0 saturated carbocycles. The summed E-state index contributed by atoms with van der Waals surface area (Å²) in [4.78, 5) is 20.5. The second kappa shape index (κ2) is 6.32. The molecule has 4 rings (SSSR count). The van der Waals surface area contributed by atoms with Crippen molar-refractivity contribution in [2.24, 2.45) is 5.92 Å². The molecular formula is C18H18ClN3O2. The maximum absolute atomic E-state index is 12.3. The Hall–Kier alpha value is -2.27. The number of aromatic nitrogens is 1. The first-order chi connectivity index (χ1) is 11.7. The maximum atomic E-state index is 12.3. The van der Waals surface area contributed by atoms with E-state index < -0.39 is 0 Å². The lowest BCUT2D eigenvalue weighted by Crippen LogP contribution is -2.55. The minimum Gasteiger partial charge on any atom is -0.445 e. The second-order valence-corrected chi connectivity index (χ2v) is 6.65. The topological polar surface area (TPSA) is 45.7 Å². The van der Waals surface area contributed by atoms with Gasteiger partial charge in [0.1, 0.15) is 11.8 Å². The summed E-state index contributed by atoms with van der Waals surface area (Å²) in [7, 11) is 0. The normalized spacial score (nSPS) is 22.0. The molecule has 24 heavy (non-hydrogen) atoms. The van der Waals surface area contributed by atoms with Gasteiger partial charge in [0.25, 0.3) is 0 Å². The van der Waals surface area contributed by atoms with Gasteiger partial charge in [0.05, 0.1) is 17.9 Å². The molecule has 0 bridgehead atoms. The quantitative estimate of drug-likeness (QED) is 0.803. The van der Waals surface area contributed by atoms with Crippen molar-refractivity contribution in [1.29, 1.82) is 0 Å². The zero-order chi connectivity index (χ0) is 16.5. The van der Waals surface area contributed by atoms with Crippen LogP contribution in [0.5, 0.6) is 0 Å². The molecule has 0 unspecified atom stereocenters. The van der Waals surface area contributed by atoms with E-state index in [2.05, 4.69) is 9.88 Å². The van der Waals surface area contributed by atoms with Crippen LogP contribution >= 0.6 is 11.6 Å². The molecule has 2 atom stereocenters. The molecule has 2 saturated heterocycles. The van der Waals surface area contributed by atoms with E-state index in [1.807, 2.05) is 41.3 Å². The summed E-state index contributed by atoms with van der Waals surface area (Å²) in [5.41, 5.74) is 2.06. The maximum Gasteiger partial charge on any atom is 0.410 e. The Bertz CT molecular complexity index is 723. The van der Waals surface area contributed by atoms with E-state index in [-0.39, 0.29) is 6.09 Å². The average molecular weight is 344 g/mol. The van der Waals surface area contributed by atoms with Gasteiger partial charge in [-0.05, 0) is 17.7 Å². The summed E-state index contributed by atoms with van der Waals surface area (Å²) in [5, 5.41) is 0.494. The molecule has 0 spiro atoms. The van der Waals surface area contributed by atoms with Gasteiger partial charge in [0.2, 0.25) is 0 Å². The Morgan fingerprint density at radius 2 is 2.00 bits per heavy atom. The second-order valence-electron chi connectivity index (χ2n) is 6.26. The molecule has 124 valence electrons. The van der Waals surface area contributed by atoms with Crippen molar-refractivity contribution in [2.75, 3.05) is 24.5 Å². The molecular weight excluding hydrogens is 326 g/mol. The first-order valence-corrected chi connectivity index (χ1v) is 8.42. The smallest absolute Gasteiger partial charge is 0.410 e. The summed E-state index contributed by atoms with van der Waals surface area (Å²) < 4.78 is 5.43. The Labute approximate surface area is 145 Å². The van der Waals surface area contributed by atoms with Gasteiger partial charge in [0.15, 0.2) is 0 Å². The van der Waals surface area contributed by atoms with E-state index in [0.29, 0.717) is 30.3 Å². The highest BCUT2D eigenvalue weighted by Crippen LogP contribution is 2.36. The van der Waals surface area contributed by atoms with Crippen molar-refractivity contribution in [3.63, 3.8) is 0 Å². The Morgan fingerprint density at radius 1 is 1.17 bits per heavy atom. The van der Waals surface area contributed by atoms with Gasteiger partial charge in [0, 0.05) is 25.6 Å². The van der Waals surface area contributed by atoms with Gasteiger partial charge in [-0.15, -0.1) is 0 Å². The van der Waals surface area contributed by atoms with Crippen molar-refractivity contribution in [1.82, 2.24) is 9.88 Å². The number of amides is 1. The molecule has 2 aliphatic rings. The molecule has 5 nitrogen and oxygen atoms in total. The van der Waals surface area contributed by atoms with Crippen LogP contribution in [0.25, 0.3) is 0 Å². The lowest BCUT2D eigenvalue weighted by molar-refractivity contribution is 0.103. The molecule has 2 aromatic rings. The van der Waals surface area contributed by atoms with Gasteiger partial charge in [-0.1, -0.05) is 41.9 Å². The fourth-order valence-electron chi connectivity index (χ4n) is 3.43. The number of halogens is 1. The van der Waals surface area contributed by atoms with Crippen LogP contribution in [0.4, 0.5) is 10.5 Å². The third-order valence-electron chi connectivity index (χ3n) is 4.74. The summed E-state index contributed by atoms with van der Waals surface area (Å²) in [6.07, 6.45) is 1.55. The third-order valence-corrected chi connectivity index (χ3v) is 4.97. The number of carbonyl (C=O) groups is 1. The SMILES string of the molecule is O=C(OCc1ccccc1)N1C[C@@H]2CN(c3ccc(Cl)nc3)[C@@H]2C1. The summed E-state index contributed by atoms with van der Waals surface area (Å²) in [5.74, 6) is 0.505. The first-order valence-electron chi connectivity index (χ1n) is 8.04. The third kappa shape index (κ3) is 2.91.